The van der Waals surface area contributed by atoms with Gasteiger partial charge in [-0.05, 0) is 71.1 Å². The second kappa shape index (κ2) is 10.7. The van der Waals surface area contributed by atoms with Crippen molar-refractivity contribution in [3.05, 3.63) is 88.4 Å². The van der Waals surface area contributed by atoms with Crippen molar-refractivity contribution in [3.8, 4) is 11.5 Å². The molecule has 3 aromatic carbocycles. The van der Waals surface area contributed by atoms with Crippen LogP contribution in [0.1, 0.15) is 17.5 Å². The fourth-order valence-electron chi connectivity index (χ4n) is 2.85. The number of ether oxygens (including phenoxy) is 2. The fraction of sp³-hybridized carbons (Fsp3) is 0.208. The zero-order valence-corrected chi connectivity index (χ0v) is 17.9. The number of hydrogen-bond donors (Lipinski definition) is 1. The average Bonchev–Trinajstić information content (AvgIpc) is 2.72. The molecule has 4 nitrogen and oxygen atoms in total. The quantitative estimate of drug-likeness (QED) is 0.417. The minimum absolute atomic E-state index is 0.0794. The number of nitrogens with one attached hydrogen (secondary N) is 1. The van der Waals surface area contributed by atoms with Gasteiger partial charge < -0.3 is 14.8 Å². The molecule has 0 radical (unpaired) electrons. The summed E-state index contributed by atoms with van der Waals surface area (Å²) in [5, 5.41) is 2.87. The number of anilines is 1. The number of amides is 1. The first-order chi connectivity index (χ1) is 14.1. The van der Waals surface area contributed by atoms with E-state index in [4.69, 9.17) is 9.47 Å². The lowest BCUT2D eigenvalue weighted by molar-refractivity contribution is -0.118. The Morgan fingerprint density at radius 1 is 0.931 bits per heavy atom. The van der Waals surface area contributed by atoms with Gasteiger partial charge in [0.2, 0.25) is 0 Å². The molecule has 3 rings (SSSR count). The molecule has 0 saturated heterocycles. The van der Waals surface area contributed by atoms with Crippen molar-refractivity contribution < 1.29 is 14.3 Å². The Morgan fingerprint density at radius 3 is 2.48 bits per heavy atom. The van der Waals surface area contributed by atoms with Crippen LogP contribution in [0.5, 0.6) is 11.5 Å². The number of para-hydroxylation sites is 2. The Hall–Kier alpha value is -2.79. The van der Waals surface area contributed by atoms with Crippen LogP contribution < -0.4 is 14.8 Å². The van der Waals surface area contributed by atoms with E-state index in [9.17, 15) is 4.79 Å². The highest BCUT2D eigenvalue weighted by molar-refractivity contribution is 9.10. The summed E-state index contributed by atoms with van der Waals surface area (Å²) in [6.45, 7) is 2.50. The lowest BCUT2D eigenvalue weighted by Crippen LogP contribution is -2.20. The topological polar surface area (TPSA) is 47.6 Å². The molecule has 0 heterocycles. The van der Waals surface area contributed by atoms with Gasteiger partial charge in [0.1, 0.15) is 11.5 Å². The standard InChI is InChI=1S/C24H24BrNO3/c1-18-13-14-22(20(25)16-18)29-17-24(27)26-21-11-5-6-12-23(21)28-15-7-10-19-8-3-2-4-9-19/h2-6,8-9,11-14,16H,7,10,15,17H2,1H3,(H,26,27). The third-order valence-electron chi connectivity index (χ3n) is 4.32. The van der Waals surface area contributed by atoms with Crippen molar-refractivity contribution in [1.29, 1.82) is 0 Å². The van der Waals surface area contributed by atoms with Crippen LogP contribution in [0, 0.1) is 6.92 Å². The van der Waals surface area contributed by atoms with E-state index in [0.29, 0.717) is 23.8 Å². The molecule has 0 saturated carbocycles. The molecule has 29 heavy (non-hydrogen) atoms. The van der Waals surface area contributed by atoms with Gasteiger partial charge in [0.05, 0.1) is 16.8 Å². The first-order valence-corrected chi connectivity index (χ1v) is 10.4. The molecule has 150 valence electrons. The van der Waals surface area contributed by atoms with Crippen molar-refractivity contribution in [1.82, 2.24) is 0 Å². The van der Waals surface area contributed by atoms with Crippen LogP contribution in [-0.2, 0) is 11.2 Å². The van der Waals surface area contributed by atoms with Crippen LogP contribution in [0.4, 0.5) is 5.69 Å². The number of halogens is 1. The van der Waals surface area contributed by atoms with Gasteiger partial charge in [0.25, 0.3) is 5.91 Å². The zero-order chi connectivity index (χ0) is 20.5. The molecule has 0 unspecified atom stereocenters. The van der Waals surface area contributed by atoms with Gasteiger partial charge in [0, 0.05) is 0 Å². The highest BCUT2D eigenvalue weighted by Gasteiger charge is 2.10. The molecule has 0 aromatic heterocycles. The van der Waals surface area contributed by atoms with Gasteiger partial charge in [0.15, 0.2) is 6.61 Å². The smallest absolute Gasteiger partial charge is 0.262 e. The zero-order valence-electron chi connectivity index (χ0n) is 16.4. The maximum Gasteiger partial charge on any atom is 0.262 e. The molecule has 0 atom stereocenters. The average molecular weight is 454 g/mol. The predicted octanol–water partition coefficient (Wildman–Crippen LogP) is 5.79. The lowest BCUT2D eigenvalue weighted by atomic mass is 10.1. The first kappa shape index (κ1) is 20.9. The van der Waals surface area contributed by atoms with Crippen LogP contribution in [0.15, 0.2) is 77.3 Å². The Kier molecular flexibility index (Phi) is 7.70. The molecule has 5 heteroatoms. The minimum atomic E-state index is -0.238. The van der Waals surface area contributed by atoms with Crippen LogP contribution >= 0.6 is 15.9 Å². The van der Waals surface area contributed by atoms with Crippen LogP contribution in [0.3, 0.4) is 0 Å². The summed E-state index contributed by atoms with van der Waals surface area (Å²) < 4.78 is 12.3. The molecule has 0 aliphatic rings. The van der Waals surface area contributed by atoms with E-state index in [1.807, 2.05) is 67.6 Å². The SMILES string of the molecule is Cc1ccc(OCC(=O)Nc2ccccc2OCCCc2ccccc2)c(Br)c1. The van der Waals surface area contributed by atoms with Crippen LogP contribution in [0.25, 0.3) is 0 Å². The number of benzene rings is 3. The molecule has 3 aromatic rings. The molecular weight excluding hydrogens is 430 g/mol. The monoisotopic (exact) mass is 453 g/mol. The second-order valence-electron chi connectivity index (χ2n) is 6.70. The van der Waals surface area contributed by atoms with Crippen molar-refractivity contribution in [2.75, 3.05) is 18.5 Å². The second-order valence-corrected chi connectivity index (χ2v) is 7.56. The van der Waals surface area contributed by atoms with Gasteiger partial charge in [-0.2, -0.15) is 0 Å². The number of aryl methyl sites for hydroxylation is 2. The summed E-state index contributed by atoms with van der Waals surface area (Å²) in [7, 11) is 0. The summed E-state index contributed by atoms with van der Waals surface area (Å²) in [4.78, 5) is 12.3. The van der Waals surface area contributed by atoms with E-state index >= 15 is 0 Å². The first-order valence-electron chi connectivity index (χ1n) is 9.56. The number of carbonyl (C=O) groups excluding carboxylic acids is 1. The molecule has 0 aliphatic carbocycles. The molecule has 1 amide bonds. The normalized spacial score (nSPS) is 10.4. The fourth-order valence-corrected chi connectivity index (χ4v) is 3.46. The summed E-state index contributed by atoms with van der Waals surface area (Å²) in [6, 6.07) is 23.5. The van der Waals surface area contributed by atoms with Crippen LogP contribution in [-0.4, -0.2) is 19.1 Å². The lowest BCUT2D eigenvalue weighted by Gasteiger charge is -2.13. The van der Waals surface area contributed by atoms with Crippen molar-refractivity contribution in [3.63, 3.8) is 0 Å². The van der Waals surface area contributed by atoms with Gasteiger partial charge in [-0.1, -0.05) is 48.5 Å². The Morgan fingerprint density at radius 2 is 1.69 bits per heavy atom. The molecule has 0 aliphatic heterocycles. The highest BCUT2D eigenvalue weighted by atomic mass is 79.9. The van der Waals surface area contributed by atoms with Gasteiger partial charge >= 0.3 is 0 Å². The summed E-state index contributed by atoms with van der Waals surface area (Å²) >= 11 is 3.45. The van der Waals surface area contributed by atoms with Gasteiger partial charge in [-0.25, -0.2) is 0 Å². The molecule has 0 bridgehead atoms. The third kappa shape index (κ3) is 6.64. The Bertz CT molecular complexity index is 944. The van der Waals surface area contributed by atoms with E-state index < -0.39 is 0 Å². The van der Waals surface area contributed by atoms with Crippen molar-refractivity contribution >= 4 is 27.5 Å². The minimum Gasteiger partial charge on any atom is -0.491 e. The largest absolute Gasteiger partial charge is 0.491 e. The number of carbonyl (C=O) groups is 1. The van der Waals surface area contributed by atoms with E-state index in [2.05, 4.69) is 33.4 Å². The summed E-state index contributed by atoms with van der Waals surface area (Å²) in [5.41, 5.74) is 3.05. The Balaban J connectivity index is 1.49. The van der Waals surface area contributed by atoms with Gasteiger partial charge in [-0.15, -0.1) is 0 Å². The summed E-state index contributed by atoms with van der Waals surface area (Å²) in [6.07, 6.45) is 1.85. The summed E-state index contributed by atoms with van der Waals surface area (Å²) in [5.74, 6) is 1.06. The number of hydrogen-bond acceptors (Lipinski definition) is 3. The third-order valence-corrected chi connectivity index (χ3v) is 4.94. The number of rotatable bonds is 9. The molecular formula is C24H24BrNO3. The van der Waals surface area contributed by atoms with Crippen molar-refractivity contribution in [2.24, 2.45) is 0 Å². The maximum atomic E-state index is 12.3. The van der Waals surface area contributed by atoms with E-state index in [1.54, 1.807) is 0 Å². The van der Waals surface area contributed by atoms with E-state index in [0.717, 1.165) is 22.9 Å². The van der Waals surface area contributed by atoms with E-state index in [1.165, 1.54) is 5.56 Å². The molecule has 0 fully saturated rings. The Labute approximate surface area is 180 Å². The maximum absolute atomic E-state index is 12.3. The van der Waals surface area contributed by atoms with Gasteiger partial charge in [-0.3, -0.25) is 4.79 Å². The molecule has 1 N–H and O–H groups in total. The highest BCUT2D eigenvalue weighted by Crippen LogP contribution is 2.26. The molecule has 0 spiro atoms. The van der Waals surface area contributed by atoms with Crippen molar-refractivity contribution in [2.45, 2.75) is 19.8 Å². The predicted molar refractivity (Wildman–Crippen MR) is 120 cm³/mol. The van der Waals surface area contributed by atoms with Crippen LogP contribution in [0.2, 0.25) is 0 Å². The van der Waals surface area contributed by atoms with E-state index in [-0.39, 0.29) is 12.5 Å².